The van der Waals surface area contributed by atoms with Crippen LogP contribution in [0.5, 0.6) is 23.0 Å². The van der Waals surface area contributed by atoms with Crippen LogP contribution in [0.4, 0.5) is 0 Å². The first-order chi connectivity index (χ1) is 14.9. The molecule has 0 saturated carbocycles. The fraction of sp³-hybridized carbons (Fsp3) is 0.125. The van der Waals surface area contributed by atoms with Gasteiger partial charge in [0.15, 0.2) is 0 Å². The summed E-state index contributed by atoms with van der Waals surface area (Å²) in [6.07, 6.45) is 0. The molecule has 0 fully saturated rings. The van der Waals surface area contributed by atoms with Crippen LogP contribution >= 0.6 is 23.2 Å². The van der Waals surface area contributed by atoms with E-state index in [1.54, 1.807) is 74.7 Å². The van der Waals surface area contributed by atoms with E-state index in [4.69, 9.17) is 41.8 Å². The first-order valence-electron chi connectivity index (χ1n) is 9.40. The molecule has 1 aromatic heterocycles. The molecule has 3 aromatic carbocycles. The van der Waals surface area contributed by atoms with Gasteiger partial charge in [0, 0.05) is 27.7 Å². The monoisotopic (exact) mass is 456 g/mol. The van der Waals surface area contributed by atoms with E-state index < -0.39 is 0 Å². The van der Waals surface area contributed by atoms with Crippen molar-refractivity contribution in [2.75, 3.05) is 7.11 Å². The van der Waals surface area contributed by atoms with Gasteiger partial charge in [0.1, 0.15) is 35.2 Å². The molecular formula is C24H18Cl2O5. The van der Waals surface area contributed by atoms with Gasteiger partial charge in [-0.15, -0.1) is 0 Å². The molecule has 0 aliphatic carbocycles. The van der Waals surface area contributed by atoms with E-state index in [1.165, 1.54) is 0 Å². The van der Waals surface area contributed by atoms with Crippen LogP contribution in [0.3, 0.4) is 0 Å². The van der Waals surface area contributed by atoms with Crippen molar-refractivity contribution in [2.24, 2.45) is 0 Å². The van der Waals surface area contributed by atoms with Crippen LogP contribution in [-0.2, 0) is 6.61 Å². The first kappa shape index (κ1) is 21.1. The van der Waals surface area contributed by atoms with Gasteiger partial charge in [0.2, 0.25) is 11.2 Å². The van der Waals surface area contributed by atoms with Gasteiger partial charge in [0.05, 0.1) is 12.5 Å². The molecule has 0 amide bonds. The Bertz CT molecular complexity index is 1310. The maximum Gasteiger partial charge on any atom is 0.235 e. The minimum absolute atomic E-state index is 0.127. The zero-order valence-corrected chi connectivity index (χ0v) is 18.3. The Morgan fingerprint density at radius 1 is 0.935 bits per heavy atom. The third-order valence-electron chi connectivity index (χ3n) is 4.66. The Labute approximate surface area is 188 Å². The lowest BCUT2D eigenvalue weighted by Gasteiger charge is -2.11. The number of methoxy groups -OCH3 is 1. The molecule has 5 nitrogen and oxygen atoms in total. The van der Waals surface area contributed by atoms with Crippen molar-refractivity contribution in [3.63, 3.8) is 0 Å². The van der Waals surface area contributed by atoms with Crippen molar-refractivity contribution in [1.82, 2.24) is 0 Å². The molecule has 4 rings (SSSR count). The molecular weight excluding hydrogens is 439 g/mol. The Morgan fingerprint density at radius 2 is 1.74 bits per heavy atom. The quantitative estimate of drug-likeness (QED) is 0.319. The summed E-state index contributed by atoms with van der Waals surface area (Å²) in [6, 6.07) is 17.2. The summed E-state index contributed by atoms with van der Waals surface area (Å²) >= 11 is 12.1. The summed E-state index contributed by atoms with van der Waals surface area (Å²) in [4.78, 5) is 13.0. The summed E-state index contributed by atoms with van der Waals surface area (Å²) < 4.78 is 22.7. The summed E-state index contributed by atoms with van der Waals surface area (Å²) in [5.74, 6) is 2.14. The normalized spacial score (nSPS) is 10.8. The molecule has 0 bridgehead atoms. The van der Waals surface area contributed by atoms with Gasteiger partial charge in [0.25, 0.3) is 0 Å². The van der Waals surface area contributed by atoms with Gasteiger partial charge in [-0.25, -0.2) is 0 Å². The minimum Gasteiger partial charge on any atom is -0.497 e. The highest BCUT2D eigenvalue weighted by atomic mass is 35.5. The van der Waals surface area contributed by atoms with Crippen LogP contribution in [0.25, 0.3) is 11.0 Å². The smallest absolute Gasteiger partial charge is 0.235 e. The molecule has 0 atom stereocenters. The predicted molar refractivity (Wildman–Crippen MR) is 121 cm³/mol. The van der Waals surface area contributed by atoms with Crippen LogP contribution in [0.2, 0.25) is 10.0 Å². The Kier molecular flexibility index (Phi) is 6.07. The molecule has 4 aromatic rings. The van der Waals surface area contributed by atoms with E-state index in [9.17, 15) is 4.79 Å². The Balaban J connectivity index is 1.60. The third-order valence-corrected chi connectivity index (χ3v) is 5.24. The van der Waals surface area contributed by atoms with E-state index >= 15 is 0 Å². The second-order valence-electron chi connectivity index (χ2n) is 6.78. The summed E-state index contributed by atoms with van der Waals surface area (Å²) in [5.41, 5.74) is 0.930. The number of hydrogen-bond acceptors (Lipinski definition) is 5. The zero-order valence-electron chi connectivity index (χ0n) is 16.8. The molecule has 0 unspecified atom stereocenters. The number of rotatable bonds is 6. The molecule has 7 heteroatoms. The fourth-order valence-electron chi connectivity index (χ4n) is 3.06. The van der Waals surface area contributed by atoms with Crippen LogP contribution in [0, 0.1) is 6.92 Å². The molecule has 158 valence electrons. The van der Waals surface area contributed by atoms with Gasteiger partial charge < -0.3 is 18.6 Å². The van der Waals surface area contributed by atoms with Crippen molar-refractivity contribution < 1.29 is 18.6 Å². The molecule has 0 spiro atoms. The second kappa shape index (κ2) is 8.92. The van der Waals surface area contributed by atoms with Crippen molar-refractivity contribution in [3.05, 3.63) is 92.3 Å². The number of ether oxygens (including phenoxy) is 3. The highest BCUT2D eigenvalue weighted by molar-refractivity contribution is 6.35. The fourth-order valence-corrected chi connectivity index (χ4v) is 3.52. The Morgan fingerprint density at radius 3 is 2.52 bits per heavy atom. The maximum atomic E-state index is 13.0. The first-order valence-corrected chi connectivity index (χ1v) is 10.2. The van der Waals surface area contributed by atoms with Crippen molar-refractivity contribution in [1.29, 1.82) is 0 Å². The number of halogens is 2. The van der Waals surface area contributed by atoms with Crippen molar-refractivity contribution in [2.45, 2.75) is 13.5 Å². The lowest BCUT2D eigenvalue weighted by atomic mass is 10.2. The highest BCUT2D eigenvalue weighted by Crippen LogP contribution is 2.29. The van der Waals surface area contributed by atoms with E-state index in [0.29, 0.717) is 44.0 Å². The molecule has 31 heavy (non-hydrogen) atoms. The van der Waals surface area contributed by atoms with E-state index in [2.05, 4.69) is 0 Å². The SMILES string of the molecule is COc1cccc(Oc2c(C)oc3cc(OCc4ccc(Cl)cc4Cl)ccc3c2=O)c1. The average Bonchev–Trinajstić information content (AvgIpc) is 2.76. The standard InChI is InChI=1S/C24H18Cl2O5/c1-14-24(31-19-5-3-4-17(11-19)28-2)23(27)20-9-8-18(12-22(20)30-14)29-13-15-6-7-16(25)10-21(15)26/h3-12H,13H2,1-2H3. The zero-order chi connectivity index (χ0) is 22.0. The lowest BCUT2D eigenvalue weighted by molar-refractivity contribution is 0.306. The van der Waals surface area contributed by atoms with Gasteiger partial charge in [-0.05, 0) is 43.3 Å². The van der Waals surface area contributed by atoms with Crippen LogP contribution in [0.15, 0.2) is 69.9 Å². The van der Waals surface area contributed by atoms with Gasteiger partial charge in [-0.1, -0.05) is 35.3 Å². The molecule has 0 aliphatic heterocycles. The van der Waals surface area contributed by atoms with Crippen molar-refractivity contribution >= 4 is 34.2 Å². The van der Waals surface area contributed by atoms with Crippen LogP contribution < -0.4 is 19.6 Å². The summed E-state index contributed by atoms with van der Waals surface area (Å²) in [7, 11) is 1.56. The summed E-state index contributed by atoms with van der Waals surface area (Å²) in [5, 5.41) is 1.47. The Hall–Kier alpha value is -3.15. The number of hydrogen-bond donors (Lipinski definition) is 0. The molecule has 0 N–H and O–H groups in total. The van der Waals surface area contributed by atoms with E-state index in [-0.39, 0.29) is 17.8 Å². The number of aryl methyl sites for hydroxylation is 1. The average molecular weight is 457 g/mol. The van der Waals surface area contributed by atoms with Crippen molar-refractivity contribution in [3.8, 4) is 23.0 Å². The second-order valence-corrected chi connectivity index (χ2v) is 7.62. The summed E-state index contributed by atoms with van der Waals surface area (Å²) in [6.45, 7) is 1.93. The van der Waals surface area contributed by atoms with Gasteiger partial charge >= 0.3 is 0 Å². The topological polar surface area (TPSA) is 57.9 Å². The lowest BCUT2D eigenvalue weighted by Crippen LogP contribution is -2.07. The van der Waals surface area contributed by atoms with Crippen LogP contribution in [-0.4, -0.2) is 7.11 Å². The molecule has 1 heterocycles. The molecule has 0 radical (unpaired) electrons. The van der Waals surface area contributed by atoms with E-state index in [1.807, 2.05) is 0 Å². The maximum absolute atomic E-state index is 13.0. The number of fused-ring (bicyclic) bond motifs is 1. The molecule has 0 aliphatic rings. The number of benzene rings is 3. The minimum atomic E-state index is -0.270. The van der Waals surface area contributed by atoms with Gasteiger partial charge in [-0.2, -0.15) is 0 Å². The third kappa shape index (κ3) is 4.63. The largest absolute Gasteiger partial charge is 0.497 e. The van der Waals surface area contributed by atoms with Gasteiger partial charge in [-0.3, -0.25) is 4.79 Å². The van der Waals surface area contributed by atoms with Crippen LogP contribution in [0.1, 0.15) is 11.3 Å². The molecule has 0 saturated heterocycles. The highest BCUT2D eigenvalue weighted by Gasteiger charge is 2.15. The van der Waals surface area contributed by atoms with E-state index in [0.717, 1.165) is 5.56 Å². The predicted octanol–water partition coefficient (Wildman–Crippen LogP) is 6.79.